The van der Waals surface area contributed by atoms with E-state index in [-0.39, 0.29) is 5.97 Å². The monoisotopic (exact) mass is 773 g/mol. The number of carbonyl (C=O) groups excluding carboxylic acids is 1. The number of esters is 1. The van der Waals surface area contributed by atoms with Crippen molar-refractivity contribution in [3.8, 4) is 0 Å². The van der Waals surface area contributed by atoms with Crippen LogP contribution in [0.15, 0.2) is 72.8 Å². The zero-order valence-corrected chi connectivity index (χ0v) is 33.2. The normalized spacial score (nSPS) is 18.2. The van der Waals surface area contributed by atoms with Crippen molar-refractivity contribution >= 4 is 35.4 Å². The van der Waals surface area contributed by atoms with Gasteiger partial charge in [0.1, 0.15) is 0 Å². The molecule has 0 saturated heterocycles. The van der Waals surface area contributed by atoms with E-state index in [1.807, 2.05) is 0 Å². The van der Waals surface area contributed by atoms with Crippen LogP contribution in [0.25, 0.3) is 0 Å². The van der Waals surface area contributed by atoms with Crippen molar-refractivity contribution in [1.82, 2.24) is 0 Å². The van der Waals surface area contributed by atoms with Crippen LogP contribution in [0.3, 0.4) is 0 Å². The Morgan fingerprint density at radius 2 is 1.19 bits per heavy atom. The standard InChI is InChI=1S/C25H35P.C12H17O2Si.BrH.Pd/c1-17-9-13-19(14-10-17)21-22(20-15-11-18(2)12-16-20)23(21)26(24(3,4)5)25(6,7)8;1-15(2,3)10-9-14-12(13)11-7-5-4-6-8-11;;/h9-16,21-23H,1-8H3;5-8H,9-10H2,1-3H3;1H;/q;-1;;+2/t21-,22-;;;/m1.../s1. The maximum absolute atomic E-state index is 11.5. The van der Waals surface area contributed by atoms with E-state index in [1.54, 1.807) is 35.4 Å². The van der Waals surface area contributed by atoms with Gasteiger partial charge >= 0.3 is 36.6 Å². The molecule has 0 radical (unpaired) electrons. The summed E-state index contributed by atoms with van der Waals surface area (Å²) in [7, 11) is -1.70. The van der Waals surface area contributed by atoms with Crippen molar-refractivity contribution < 1.29 is 26.7 Å². The van der Waals surface area contributed by atoms with E-state index in [2.05, 4.69) is 160 Å². The number of rotatable bonds is 7. The van der Waals surface area contributed by atoms with Crippen LogP contribution in [-0.4, -0.2) is 36.6 Å². The molecule has 0 amide bonds. The molecule has 3 aromatic rings. The fourth-order valence-electron chi connectivity index (χ4n) is 6.26. The molecule has 2 atom stereocenters. The summed E-state index contributed by atoms with van der Waals surface area (Å²) in [5.74, 6) is 1.14. The summed E-state index contributed by atoms with van der Waals surface area (Å²) < 4.78 is 5.19. The predicted molar refractivity (Wildman–Crippen MR) is 192 cm³/mol. The fraction of sp³-hybridized carbons (Fsp3) is 0.486. The molecule has 3 aromatic carbocycles. The Hall–Kier alpha value is -1.08. The second kappa shape index (κ2) is 16.5. The van der Waals surface area contributed by atoms with E-state index < -0.39 is 16.0 Å². The second-order valence-corrected chi connectivity index (χ2v) is 25.2. The molecular formula is C37H53BrO2PPdSi+. The van der Waals surface area contributed by atoms with E-state index in [1.165, 1.54) is 11.1 Å². The molecule has 0 N–H and O–H groups in total. The predicted octanol–water partition coefficient (Wildman–Crippen LogP) is 11.2. The van der Waals surface area contributed by atoms with Gasteiger partial charge in [0.15, 0.2) is 0 Å². The van der Waals surface area contributed by atoms with Crippen LogP contribution >= 0.6 is 21.4 Å². The number of benzene rings is 3. The Morgan fingerprint density at radius 1 is 0.791 bits per heavy atom. The zero-order valence-electron chi connectivity index (χ0n) is 28.1. The number of ether oxygens (including phenoxy) is 1. The number of hydrogen-bond donors (Lipinski definition) is 0. The molecule has 1 aliphatic carbocycles. The molecule has 1 saturated carbocycles. The molecule has 0 bridgehead atoms. The summed E-state index contributed by atoms with van der Waals surface area (Å²) in [4.78, 5) is 11.5. The first-order chi connectivity index (χ1) is 20.0. The molecule has 43 heavy (non-hydrogen) atoms. The van der Waals surface area contributed by atoms with E-state index in [0.29, 0.717) is 34.3 Å². The van der Waals surface area contributed by atoms with Crippen LogP contribution in [0.4, 0.5) is 0 Å². The molecular weight excluding hydrogens is 722 g/mol. The van der Waals surface area contributed by atoms with E-state index in [4.69, 9.17) is 4.74 Å². The van der Waals surface area contributed by atoms with Gasteiger partial charge in [-0.15, -0.1) is 0 Å². The van der Waals surface area contributed by atoms with E-state index in [9.17, 15) is 4.79 Å². The first-order valence-electron chi connectivity index (χ1n) is 15.3. The van der Waals surface area contributed by atoms with Gasteiger partial charge in [-0.25, -0.2) is 4.79 Å². The minimum atomic E-state index is -1.11. The van der Waals surface area contributed by atoms with Gasteiger partial charge < -0.3 is 4.74 Å². The third kappa shape index (κ3) is 12.0. The van der Waals surface area contributed by atoms with Crippen LogP contribution in [0, 0.1) is 19.9 Å². The number of carbonyl (C=O) groups is 1. The summed E-state index contributed by atoms with van der Waals surface area (Å²) in [6.07, 6.45) is 0. The third-order valence-corrected chi connectivity index (χ3v) is 14.3. The van der Waals surface area contributed by atoms with Crippen LogP contribution in [-0.2, 0) is 21.9 Å². The third-order valence-electron chi connectivity index (χ3n) is 7.93. The van der Waals surface area contributed by atoms with Crippen LogP contribution in [0.1, 0.15) is 86.0 Å². The number of hydrogen-bond acceptors (Lipinski definition) is 2. The second-order valence-electron chi connectivity index (χ2n) is 15.0. The Labute approximate surface area is 282 Å². The van der Waals surface area contributed by atoms with Gasteiger partial charge in [-0.2, -0.15) is 30.3 Å². The average Bonchev–Trinajstić information content (AvgIpc) is 3.63. The molecule has 0 aromatic heterocycles. The molecule has 0 aliphatic heterocycles. The van der Waals surface area contributed by atoms with Gasteiger partial charge in [0, 0.05) is 27.8 Å². The Bertz CT molecular complexity index is 1190. The van der Waals surface area contributed by atoms with Gasteiger partial charge in [0.25, 0.3) is 0 Å². The number of aryl methyl sites for hydroxylation is 2. The molecule has 6 heteroatoms. The number of halogens is 1. The van der Waals surface area contributed by atoms with E-state index in [0.717, 1.165) is 11.7 Å². The minimum absolute atomic E-state index is 0.234. The molecule has 1 fully saturated rings. The SMILES string of the molecule is C[Si](C)(C)CCOC(=O)c1cc[c-]cc1.Cc1ccc([C@H]2C([PH+](C(C)(C)C)C(C)(C)C)[C@@H]2c2ccc(C)cc2)cc1.[Br][Pd+]. The first-order valence-corrected chi connectivity index (χ1v) is 24.1. The van der Waals surface area contributed by atoms with Crippen molar-refractivity contribution in [2.45, 2.75) is 109 Å². The molecule has 1 aliphatic rings. The van der Waals surface area contributed by atoms with Crippen LogP contribution < -0.4 is 0 Å². The quantitative estimate of drug-likeness (QED) is 0.103. The van der Waals surface area contributed by atoms with Crippen LogP contribution in [0.5, 0.6) is 0 Å². The maximum atomic E-state index is 11.5. The fourth-order valence-corrected chi connectivity index (χ4v) is 12.6. The van der Waals surface area contributed by atoms with Crippen molar-refractivity contribution in [2.75, 3.05) is 6.61 Å². The summed E-state index contributed by atoms with van der Waals surface area (Å²) in [5, 5.41) is 0.798. The van der Waals surface area contributed by atoms with Gasteiger partial charge in [-0.05, 0) is 78.1 Å². The topological polar surface area (TPSA) is 26.3 Å². The summed E-state index contributed by atoms with van der Waals surface area (Å²) >= 11 is 5.35. The van der Waals surface area contributed by atoms with Crippen molar-refractivity contribution in [3.05, 3.63) is 107 Å². The molecule has 0 unspecified atom stereocenters. The molecule has 2 nitrogen and oxygen atoms in total. The first kappa shape index (κ1) is 38.1. The van der Waals surface area contributed by atoms with Gasteiger partial charge in [-0.1, -0.05) is 79.3 Å². The van der Waals surface area contributed by atoms with Crippen LogP contribution in [0.2, 0.25) is 25.7 Å². The molecule has 0 spiro atoms. The van der Waals surface area contributed by atoms with E-state index >= 15 is 0 Å². The molecule has 0 heterocycles. The van der Waals surface area contributed by atoms with Gasteiger partial charge in [0.05, 0.1) is 22.6 Å². The zero-order chi connectivity index (χ0) is 32.6. The summed E-state index contributed by atoms with van der Waals surface area (Å²) in [5.41, 5.74) is 7.21. The Morgan fingerprint density at radius 3 is 1.53 bits per heavy atom. The molecule has 238 valence electrons. The Kier molecular flexibility index (Phi) is 14.6. The Balaban J connectivity index is 0.000000324. The van der Waals surface area contributed by atoms with Crippen molar-refractivity contribution in [2.24, 2.45) is 0 Å². The summed E-state index contributed by atoms with van der Waals surface area (Å²) in [6.45, 7) is 26.5. The van der Waals surface area contributed by atoms with Gasteiger partial charge in [-0.3, -0.25) is 0 Å². The van der Waals surface area contributed by atoms with Crippen molar-refractivity contribution in [1.29, 1.82) is 0 Å². The van der Waals surface area contributed by atoms with Gasteiger partial charge in [0.2, 0.25) is 0 Å². The molecule has 4 rings (SSSR count). The summed E-state index contributed by atoms with van der Waals surface area (Å²) in [6, 6.07) is 29.4. The van der Waals surface area contributed by atoms with Crippen molar-refractivity contribution in [3.63, 3.8) is 0 Å². The average molecular weight is 775 g/mol.